The molecule has 0 aliphatic carbocycles. The standard InChI is InChI=1S/C12H20N6O4/c13-11-14-15-16-18(11)7-9(20)17-4-2-12(3-5-17)10(21)8(19)1-6-22-12/h8,10,19,21H,1-7H2,(H2,13,14,16)/t8-,10-/m0/s1. The molecule has 1 spiro atoms. The molecule has 0 saturated carbocycles. The quantitative estimate of drug-likeness (QED) is 0.557. The first-order chi connectivity index (χ1) is 10.5. The van der Waals surface area contributed by atoms with Gasteiger partial charge in [0.05, 0.1) is 18.3 Å². The average molecular weight is 312 g/mol. The fourth-order valence-corrected chi connectivity index (χ4v) is 3.10. The first kappa shape index (κ1) is 15.1. The molecule has 122 valence electrons. The molecule has 3 rings (SSSR count). The molecule has 3 heterocycles. The van der Waals surface area contributed by atoms with Crippen molar-refractivity contribution in [3.05, 3.63) is 0 Å². The fourth-order valence-electron chi connectivity index (χ4n) is 3.10. The lowest BCUT2D eigenvalue weighted by Crippen LogP contribution is -2.60. The van der Waals surface area contributed by atoms with Crippen molar-refractivity contribution in [3.8, 4) is 0 Å². The van der Waals surface area contributed by atoms with Crippen LogP contribution in [0.4, 0.5) is 5.95 Å². The average Bonchev–Trinajstić information content (AvgIpc) is 2.91. The van der Waals surface area contributed by atoms with Crippen molar-refractivity contribution in [2.45, 2.75) is 43.6 Å². The van der Waals surface area contributed by atoms with E-state index < -0.39 is 17.8 Å². The molecule has 0 aromatic carbocycles. The van der Waals surface area contributed by atoms with E-state index in [1.165, 1.54) is 4.68 Å². The number of nitrogens with two attached hydrogens (primary N) is 1. The van der Waals surface area contributed by atoms with Gasteiger partial charge in [-0.2, -0.15) is 0 Å². The van der Waals surface area contributed by atoms with Gasteiger partial charge in [0, 0.05) is 13.1 Å². The number of rotatable bonds is 2. The fraction of sp³-hybridized carbons (Fsp3) is 0.833. The van der Waals surface area contributed by atoms with Gasteiger partial charge in [0.25, 0.3) is 0 Å². The zero-order chi connectivity index (χ0) is 15.7. The number of aromatic nitrogens is 4. The Balaban J connectivity index is 1.59. The first-order valence-electron chi connectivity index (χ1n) is 7.31. The molecule has 1 aromatic heterocycles. The normalized spacial score (nSPS) is 28.0. The van der Waals surface area contributed by atoms with Crippen LogP contribution in [0.5, 0.6) is 0 Å². The van der Waals surface area contributed by atoms with Gasteiger partial charge in [-0.05, 0) is 29.7 Å². The lowest BCUT2D eigenvalue weighted by Gasteiger charge is -2.48. The highest BCUT2D eigenvalue weighted by atomic mass is 16.5. The Hall–Kier alpha value is -1.78. The van der Waals surface area contributed by atoms with Gasteiger partial charge in [0.1, 0.15) is 12.6 Å². The third-order valence-electron chi connectivity index (χ3n) is 4.51. The van der Waals surface area contributed by atoms with Crippen molar-refractivity contribution in [1.82, 2.24) is 25.1 Å². The van der Waals surface area contributed by atoms with Gasteiger partial charge in [-0.25, -0.2) is 4.68 Å². The molecule has 1 aromatic rings. The van der Waals surface area contributed by atoms with E-state index >= 15 is 0 Å². The van der Waals surface area contributed by atoms with E-state index in [1.807, 2.05) is 0 Å². The maximum atomic E-state index is 12.2. The number of carbonyl (C=O) groups excluding carboxylic acids is 1. The van der Waals surface area contributed by atoms with E-state index in [1.54, 1.807) is 4.90 Å². The highest BCUT2D eigenvalue weighted by Gasteiger charge is 2.48. The second-order valence-corrected chi connectivity index (χ2v) is 5.79. The molecule has 0 radical (unpaired) electrons. The predicted molar refractivity (Wildman–Crippen MR) is 73.4 cm³/mol. The predicted octanol–water partition coefficient (Wildman–Crippen LogP) is -2.24. The first-order valence-corrected chi connectivity index (χ1v) is 7.31. The summed E-state index contributed by atoms with van der Waals surface area (Å²) in [7, 11) is 0. The van der Waals surface area contributed by atoms with E-state index in [0.717, 1.165) is 0 Å². The Labute approximate surface area is 126 Å². The van der Waals surface area contributed by atoms with Crippen LogP contribution >= 0.6 is 0 Å². The number of ether oxygens (including phenoxy) is 1. The lowest BCUT2D eigenvalue weighted by atomic mass is 9.80. The van der Waals surface area contributed by atoms with Gasteiger partial charge in [0.2, 0.25) is 11.9 Å². The molecule has 10 nitrogen and oxygen atoms in total. The van der Waals surface area contributed by atoms with Crippen LogP contribution in [0, 0.1) is 0 Å². The minimum Gasteiger partial charge on any atom is -0.390 e. The third kappa shape index (κ3) is 2.64. The molecule has 10 heteroatoms. The Morgan fingerprint density at radius 3 is 2.77 bits per heavy atom. The summed E-state index contributed by atoms with van der Waals surface area (Å²) >= 11 is 0. The minimum atomic E-state index is -0.909. The molecule has 0 bridgehead atoms. The molecule has 2 fully saturated rings. The molecular formula is C12H20N6O4. The molecule has 4 N–H and O–H groups in total. The highest BCUT2D eigenvalue weighted by molar-refractivity contribution is 5.76. The monoisotopic (exact) mass is 312 g/mol. The number of hydrogen-bond donors (Lipinski definition) is 3. The number of aliphatic hydroxyl groups excluding tert-OH is 2. The van der Waals surface area contributed by atoms with Crippen LogP contribution in [0.15, 0.2) is 0 Å². The molecule has 0 unspecified atom stereocenters. The van der Waals surface area contributed by atoms with Gasteiger partial charge in [-0.15, -0.1) is 0 Å². The molecule has 2 saturated heterocycles. The van der Waals surface area contributed by atoms with E-state index in [0.29, 0.717) is 39.0 Å². The molecule has 2 aliphatic rings. The summed E-state index contributed by atoms with van der Waals surface area (Å²) in [4.78, 5) is 13.9. The van der Waals surface area contributed by atoms with Crippen LogP contribution < -0.4 is 5.73 Å². The number of piperidine rings is 1. The van der Waals surface area contributed by atoms with Gasteiger partial charge >= 0.3 is 0 Å². The Morgan fingerprint density at radius 1 is 1.41 bits per heavy atom. The molecule has 2 atom stereocenters. The molecular weight excluding hydrogens is 292 g/mol. The third-order valence-corrected chi connectivity index (χ3v) is 4.51. The van der Waals surface area contributed by atoms with E-state index in [-0.39, 0.29) is 18.4 Å². The minimum absolute atomic E-state index is 0.0160. The number of likely N-dealkylation sites (tertiary alicyclic amines) is 1. The number of nitrogens with zero attached hydrogens (tertiary/aromatic N) is 5. The SMILES string of the molecule is Nc1nnnn1CC(=O)N1CCC2(CC1)OCC[C@H](O)[C@@H]2O. The lowest BCUT2D eigenvalue weighted by molar-refractivity contribution is -0.214. The second kappa shape index (κ2) is 5.78. The molecule has 2 aliphatic heterocycles. The summed E-state index contributed by atoms with van der Waals surface area (Å²) in [5.41, 5.74) is 4.79. The number of amides is 1. The van der Waals surface area contributed by atoms with Crippen LogP contribution in [-0.2, 0) is 16.1 Å². The second-order valence-electron chi connectivity index (χ2n) is 5.79. The number of tetrazole rings is 1. The van der Waals surface area contributed by atoms with Crippen molar-refractivity contribution in [1.29, 1.82) is 0 Å². The van der Waals surface area contributed by atoms with Crippen LogP contribution in [0.1, 0.15) is 19.3 Å². The smallest absolute Gasteiger partial charge is 0.244 e. The molecule has 1 amide bonds. The summed E-state index contributed by atoms with van der Waals surface area (Å²) in [6, 6.07) is 0. The van der Waals surface area contributed by atoms with Gasteiger partial charge in [-0.1, -0.05) is 5.10 Å². The number of nitrogen functional groups attached to an aromatic ring is 1. The zero-order valence-electron chi connectivity index (χ0n) is 12.1. The van der Waals surface area contributed by atoms with E-state index in [4.69, 9.17) is 10.5 Å². The number of aliphatic hydroxyl groups is 2. The number of hydrogen-bond acceptors (Lipinski definition) is 8. The van der Waals surface area contributed by atoms with Gasteiger partial charge < -0.3 is 25.6 Å². The van der Waals surface area contributed by atoms with Gasteiger partial charge in [-0.3, -0.25) is 4.79 Å². The van der Waals surface area contributed by atoms with Gasteiger partial charge in [0.15, 0.2) is 0 Å². The van der Waals surface area contributed by atoms with Crippen molar-refractivity contribution in [3.63, 3.8) is 0 Å². The topological polar surface area (TPSA) is 140 Å². The summed E-state index contributed by atoms with van der Waals surface area (Å²) < 4.78 is 6.98. The maximum Gasteiger partial charge on any atom is 0.244 e. The summed E-state index contributed by atoms with van der Waals surface area (Å²) in [6.45, 7) is 1.31. The van der Waals surface area contributed by atoms with Crippen molar-refractivity contribution in [2.75, 3.05) is 25.4 Å². The van der Waals surface area contributed by atoms with Crippen LogP contribution in [-0.4, -0.2) is 78.7 Å². The van der Waals surface area contributed by atoms with E-state index in [9.17, 15) is 15.0 Å². The van der Waals surface area contributed by atoms with Crippen molar-refractivity contribution < 1.29 is 19.7 Å². The summed E-state index contributed by atoms with van der Waals surface area (Å²) in [5, 5.41) is 30.6. The Morgan fingerprint density at radius 2 is 2.14 bits per heavy atom. The Bertz CT molecular complexity index is 541. The van der Waals surface area contributed by atoms with Crippen LogP contribution in [0.2, 0.25) is 0 Å². The summed E-state index contributed by atoms with van der Waals surface area (Å²) in [5.74, 6) is -0.0457. The maximum absolute atomic E-state index is 12.2. The van der Waals surface area contributed by atoms with E-state index in [2.05, 4.69) is 15.5 Å². The molecule has 22 heavy (non-hydrogen) atoms. The zero-order valence-corrected chi connectivity index (χ0v) is 12.1. The highest BCUT2D eigenvalue weighted by Crippen LogP contribution is 2.35. The number of carbonyl (C=O) groups is 1. The van der Waals surface area contributed by atoms with Crippen LogP contribution in [0.25, 0.3) is 0 Å². The van der Waals surface area contributed by atoms with Crippen LogP contribution in [0.3, 0.4) is 0 Å². The summed E-state index contributed by atoms with van der Waals surface area (Å²) in [6.07, 6.45) is -0.264. The largest absolute Gasteiger partial charge is 0.390 e. The number of anilines is 1. The van der Waals surface area contributed by atoms with Crippen molar-refractivity contribution in [2.24, 2.45) is 0 Å². The van der Waals surface area contributed by atoms with Crippen molar-refractivity contribution >= 4 is 11.9 Å². The Kier molecular flexibility index (Phi) is 3.98.